The van der Waals surface area contributed by atoms with Crippen molar-refractivity contribution in [2.45, 2.75) is 32.4 Å². The molecule has 2 heterocycles. The van der Waals surface area contributed by atoms with Crippen LogP contribution in [-0.2, 0) is 11.3 Å². The van der Waals surface area contributed by atoms with Gasteiger partial charge in [0.05, 0.1) is 25.0 Å². The Morgan fingerprint density at radius 2 is 2.38 bits per heavy atom. The highest BCUT2D eigenvalue weighted by Gasteiger charge is 2.25. The van der Waals surface area contributed by atoms with Crippen LogP contribution < -0.4 is 4.74 Å². The summed E-state index contributed by atoms with van der Waals surface area (Å²) in [5.74, 6) is 0.760. The molecule has 1 aliphatic heterocycles. The van der Waals surface area contributed by atoms with Crippen LogP contribution in [0.4, 0.5) is 0 Å². The van der Waals surface area contributed by atoms with Crippen molar-refractivity contribution in [3.8, 4) is 5.75 Å². The van der Waals surface area contributed by atoms with Gasteiger partial charge in [0.15, 0.2) is 0 Å². The van der Waals surface area contributed by atoms with Crippen molar-refractivity contribution in [2.75, 3.05) is 20.3 Å². The van der Waals surface area contributed by atoms with Crippen molar-refractivity contribution >= 4 is 5.91 Å². The fraction of sp³-hybridized carbons (Fsp3) is 0.444. The van der Waals surface area contributed by atoms with E-state index in [1.807, 2.05) is 36.1 Å². The Balaban J connectivity index is 1.80. The standard InChI is InChI=1S/C18H23N3O3/c1-13-17(10-19-20-13)18(22)21(12-16-7-4-8-24-16)11-14-5-3-6-15(9-14)23-2/h3,5-6,9-10,16H,4,7-8,11-12H2,1-2H3,(H,19,20)/t16-/m1/s1. The lowest BCUT2D eigenvalue weighted by Gasteiger charge is -2.25. The summed E-state index contributed by atoms with van der Waals surface area (Å²) in [5, 5.41) is 6.80. The number of aromatic nitrogens is 2. The number of aromatic amines is 1. The van der Waals surface area contributed by atoms with E-state index in [9.17, 15) is 4.79 Å². The van der Waals surface area contributed by atoms with E-state index in [-0.39, 0.29) is 12.0 Å². The molecule has 1 N–H and O–H groups in total. The highest BCUT2D eigenvalue weighted by Crippen LogP contribution is 2.20. The van der Waals surface area contributed by atoms with E-state index in [2.05, 4.69) is 10.2 Å². The molecule has 24 heavy (non-hydrogen) atoms. The number of methoxy groups -OCH3 is 1. The van der Waals surface area contributed by atoms with Gasteiger partial charge < -0.3 is 14.4 Å². The maximum absolute atomic E-state index is 13.0. The molecule has 0 saturated carbocycles. The molecule has 1 amide bonds. The first-order valence-electron chi connectivity index (χ1n) is 8.21. The van der Waals surface area contributed by atoms with Gasteiger partial charge in [-0.2, -0.15) is 5.10 Å². The number of ether oxygens (including phenoxy) is 2. The highest BCUT2D eigenvalue weighted by atomic mass is 16.5. The first kappa shape index (κ1) is 16.5. The van der Waals surface area contributed by atoms with Crippen LogP contribution in [0, 0.1) is 6.92 Å². The number of nitrogens with one attached hydrogen (secondary N) is 1. The summed E-state index contributed by atoms with van der Waals surface area (Å²) >= 11 is 0. The van der Waals surface area contributed by atoms with Crippen molar-refractivity contribution < 1.29 is 14.3 Å². The predicted molar refractivity (Wildman–Crippen MR) is 90.0 cm³/mol. The molecule has 0 bridgehead atoms. The first-order valence-corrected chi connectivity index (χ1v) is 8.21. The summed E-state index contributed by atoms with van der Waals surface area (Å²) in [4.78, 5) is 14.8. The number of H-pyrrole nitrogens is 1. The molecule has 1 fully saturated rings. The fourth-order valence-corrected chi connectivity index (χ4v) is 2.98. The molecule has 3 rings (SSSR count). The van der Waals surface area contributed by atoms with Crippen LogP contribution in [0.2, 0.25) is 0 Å². The van der Waals surface area contributed by atoms with Crippen LogP contribution >= 0.6 is 0 Å². The van der Waals surface area contributed by atoms with E-state index < -0.39 is 0 Å². The molecule has 1 atom stereocenters. The Kier molecular flexibility index (Phi) is 5.15. The number of rotatable bonds is 6. The van der Waals surface area contributed by atoms with Crippen molar-refractivity contribution in [1.82, 2.24) is 15.1 Å². The quantitative estimate of drug-likeness (QED) is 0.884. The minimum Gasteiger partial charge on any atom is -0.497 e. The smallest absolute Gasteiger partial charge is 0.257 e. The lowest BCUT2D eigenvalue weighted by Crippen LogP contribution is -2.37. The number of carbonyl (C=O) groups is 1. The van der Waals surface area contributed by atoms with Gasteiger partial charge in [0.1, 0.15) is 5.75 Å². The third kappa shape index (κ3) is 3.76. The summed E-state index contributed by atoms with van der Waals surface area (Å²) in [6.07, 6.45) is 3.74. The zero-order valence-electron chi connectivity index (χ0n) is 14.1. The number of carbonyl (C=O) groups excluding carboxylic acids is 1. The second kappa shape index (κ2) is 7.49. The maximum Gasteiger partial charge on any atom is 0.257 e. The molecule has 0 unspecified atom stereocenters. The second-order valence-corrected chi connectivity index (χ2v) is 6.08. The molecule has 1 saturated heterocycles. The number of aryl methyl sites for hydroxylation is 1. The summed E-state index contributed by atoms with van der Waals surface area (Å²) in [6.45, 7) is 3.73. The van der Waals surface area contributed by atoms with Crippen molar-refractivity contribution in [3.05, 3.63) is 47.3 Å². The minimum absolute atomic E-state index is 0.0282. The number of hydrogen-bond acceptors (Lipinski definition) is 4. The Bertz CT molecular complexity index is 692. The van der Waals surface area contributed by atoms with Crippen LogP contribution in [0.25, 0.3) is 0 Å². The molecular formula is C18H23N3O3. The van der Waals surface area contributed by atoms with E-state index in [1.165, 1.54) is 0 Å². The molecule has 1 aliphatic rings. The van der Waals surface area contributed by atoms with Gasteiger partial charge in [-0.05, 0) is 37.5 Å². The largest absolute Gasteiger partial charge is 0.497 e. The Morgan fingerprint density at radius 1 is 1.50 bits per heavy atom. The highest BCUT2D eigenvalue weighted by molar-refractivity contribution is 5.95. The summed E-state index contributed by atoms with van der Waals surface area (Å²) in [5.41, 5.74) is 2.42. The molecule has 0 radical (unpaired) electrons. The van der Waals surface area contributed by atoms with E-state index in [0.717, 1.165) is 36.5 Å². The Labute approximate surface area is 141 Å². The van der Waals surface area contributed by atoms with Crippen molar-refractivity contribution in [2.24, 2.45) is 0 Å². The summed E-state index contributed by atoms with van der Waals surface area (Å²) < 4.78 is 11.0. The van der Waals surface area contributed by atoms with E-state index in [4.69, 9.17) is 9.47 Å². The molecule has 2 aromatic rings. The second-order valence-electron chi connectivity index (χ2n) is 6.08. The van der Waals surface area contributed by atoms with Crippen LogP contribution in [-0.4, -0.2) is 47.4 Å². The third-order valence-electron chi connectivity index (χ3n) is 4.30. The molecule has 128 valence electrons. The van der Waals surface area contributed by atoms with Gasteiger partial charge >= 0.3 is 0 Å². The lowest BCUT2D eigenvalue weighted by molar-refractivity contribution is 0.0506. The first-order chi connectivity index (χ1) is 11.7. The van der Waals surface area contributed by atoms with Gasteiger partial charge in [0, 0.05) is 25.4 Å². The van der Waals surface area contributed by atoms with Gasteiger partial charge in [-0.3, -0.25) is 9.89 Å². The SMILES string of the molecule is COc1cccc(CN(C[C@H]2CCCO2)C(=O)c2cn[nH]c2C)c1. The molecule has 0 spiro atoms. The number of hydrogen-bond donors (Lipinski definition) is 1. The van der Waals surface area contributed by atoms with Crippen LogP contribution in [0.3, 0.4) is 0 Å². The number of nitrogens with zero attached hydrogens (tertiary/aromatic N) is 2. The van der Waals surface area contributed by atoms with Crippen LogP contribution in [0.15, 0.2) is 30.5 Å². The Hall–Kier alpha value is -2.34. The minimum atomic E-state index is -0.0282. The summed E-state index contributed by atoms with van der Waals surface area (Å²) in [6, 6.07) is 7.79. The van der Waals surface area contributed by atoms with Gasteiger partial charge in [-0.15, -0.1) is 0 Å². The molecule has 0 aliphatic carbocycles. The lowest BCUT2D eigenvalue weighted by atomic mass is 10.1. The molecule has 1 aromatic carbocycles. The van der Waals surface area contributed by atoms with Crippen molar-refractivity contribution in [3.63, 3.8) is 0 Å². The van der Waals surface area contributed by atoms with Gasteiger partial charge in [0.25, 0.3) is 5.91 Å². The predicted octanol–water partition coefficient (Wildman–Crippen LogP) is 2.55. The molecular weight excluding hydrogens is 306 g/mol. The third-order valence-corrected chi connectivity index (χ3v) is 4.30. The maximum atomic E-state index is 13.0. The monoisotopic (exact) mass is 329 g/mol. The van der Waals surface area contributed by atoms with Crippen molar-refractivity contribution in [1.29, 1.82) is 0 Å². The fourth-order valence-electron chi connectivity index (χ4n) is 2.98. The van der Waals surface area contributed by atoms with E-state index in [0.29, 0.717) is 18.7 Å². The van der Waals surface area contributed by atoms with Gasteiger partial charge in [0.2, 0.25) is 0 Å². The summed E-state index contributed by atoms with van der Waals surface area (Å²) in [7, 11) is 1.64. The van der Waals surface area contributed by atoms with Gasteiger partial charge in [-0.1, -0.05) is 12.1 Å². The molecule has 1 aromatic heterocycles. The molecule has 6 nitrogen and oxygen atoms in total. The number of amides is 1. The Morgan fingerprint density at radius 3 is 3.04 bits per heavy atom. The topological polar surface area (TPSA) is 67.5 Å². The molecule has 6 heteroatoms. The normalized spacial score (nSPS) is 17.0. The average Bonchev–Trinajstić information content (AvgIpc) is 3.25. The van der Waals surface area contributed by atoms with Crippen LogP contribution in [0.5, 0.6) is 5.75 Å². The van der Waals surface area contributed by atoms with E-state index in [1.54, 1.807) is 13.3 Å². The van der Waals surface area contributed by atoms with Gasteiger partial charge in [-0.25, -0.2) is 0 Å². The van der Waals surface area contributed by atoms with Crippen LogP contribution in [0.1, 0.15) is 34.5 Å². The zero-order chi connectivity index (χ0) is 16.9. The number of benzene rings is 1. The van der Waals surface area contributed by atoms with E-state index >= 15 is 0 Å². The zero-order valence-corrected chi connectivity index (χ0v) is 14.1. The average molecular weight is 329 g/mol.